The summed E-state index contributed by atoms with van der Waals surface area (Å²) in [6, 6.07) is 1.96. The van der Waals surface area contributed by atoms with Crippen LogP contribution in [0.4, 0.5) is 0 Å². The van der Waals surface area contributed by atoms with Gasteiger partial charge in [0, 0.05) is 12.1 Å². The minimum atomic E-state index is 0.415. The van der Waals surface area contributed by atoms with Crippen molar-refractivity contribution in [3.63, 3.8) is 0 Å². The van der Waals surface area contributed by atoms with Gasteiger partial charge < -0.3 is 4.42 Å². The van der Waals surface area contributed by atoms with E-state index in [4.69, 9.17) is 4.42 Å². The molecule has 0 aliphatic carbocycles. The molecule has 0 atom stereocenters. The lowest BCUT2D eigenvalue weighted by atomic mass is 10.0. The Morgan fingerprint density at radius 3 is 2.67 bits per heavy atom. The Hall–Kier alpha value is -1.38. The fourth-order valence-corrected chi connectivity index (χ4v) is 1.78. The number of nitrogens with zero attached hydrogens (tertiary/aromatic N) is 2. The Balaban J connectivity index is 2.51. The predicted molar refractivity (Wildman–Crippen MR) is 59.9 cm³/mol. The molecule has 0 fully saturated rings. The lowest BCUT2D eigenvalue weighted by molar-refractivity contribution is 0.449. The van der Waals surface area contributed by atoms with E-state index >= 15 is 0 Å². The van der Waals surface area contributed by atoms with Crippen LogP contribution in [0.5, 0.6) is 0 Å². The largest absolute Gasteiger partial charge is 0.422 e. The van der Waals surface area contributed by atoms with Crippen molar-refractivity contribution in [2.75, 3.05) is 0 Å². The van der Waals surface area contributed by atoms with E-state index in [1.807, 2.05) is 13.0 Å². The fourth-order valence-electron chi connectivity index (χ4n) is 1.78. The third-order valence-corrected chi connectivity index (χ3v) is 2.85. The summed E-state index contributed by atoms with van der Waals surface area (Å²) in [7, 11) is 0. The second kappa shape index (κ2) is 4.01. The number of fused-ring (bicyclic) bond motifs is 1. The number of rotatable bonds is 3. The van der Waals surface area contributed by atoms with Crippen LogP contribution in [0.1, 0.15) is 44.1 Å². The predicted octanol–water partition coefficient (Wildman–Crippen LogP) is 3.43. The van der Waals surface area contributed by atoms with Gasteiger partial charge in [0.25, 0.3) is 0 Å². The number of pyridine rings is 1. The normalized spacial score (nSPS) is 11.5. The zero-order valence-corrected chi connectivity index (χ0v) is 9.45. The smallest absolute Gasteiger partial charge is 0.247 e. The number of aryl methyl sites for hydroxylation is 1. The second-order valence-electron chi connectivity index (χ2n) is 3.85. The molecule has 0 spiro atoms. The lowest BCUT2D eigenvalue weighted by Gasteiger charge is -2.05. The standard InChI is InChI=1S/C12H16N2O/c1-4-9(5-2)11-14-10-8(3)6-7-13-12(10)15-11/h6-7,9H,4-5H2,1-3H3. The first-order valence-corrected chi connectivity index (χ1v) is 5.48. The zero-order chi connectivity index (χ0) is 10.8. The molecule has 0 unspecified atom stereocenters. The van der Waals surface area contributed by atoms with Crippen LogP contribution in [0.15, 0.2) is 16.7 Å². The summed E-state index contributed by atoms with van der Waals surface area (Å²) >= 11 is 0. The average Bonchev–Trinajstić information content (AvgIpc) is 2.65. The van der Waals surface area contributed by atoms with Crippen molar-refractivity contribution < 1.29 is 4.42 Å². The number of hydrogen-bond acceptors (Lipinski definition) is 3. The van der Waals surface area contributed by atoms with Crippen molar-refractivity contribution in [2.45, 2.75) is 39.5 Å². The van der Waals surface area contributed by atoms with Crippen LogP contribution in [0.3, 0.4) is 0 Å². The first-order chi connectivity index (χ1) is 7.26. The molecule has 3 heteroatoms. The summed E-state index contributed by atoms with van der Waals surface area (Å²) in [6.45, 7) is 6.34. The van der Waals surface area contributed by atoms with Gasteiger partial charge in [0.2, 0.25) is 11.6 Å². The summed E-state index contributed by atoms with van der Waals surface area (Å²) in [5, 5.41) is 0. The van der Waals surface area contributed by atoms with E-state index in [-0.39, 0.29) is 0 Å². The molecule has 2 aromatic heterocycles. The summed E-state index contributed by atoms with van der Waals surface area (Å²) in [4.78, 5) is 8.71. The van der Waals surface area contributed by atoms with E-state index in [1.54, 1.807) is 6.20 Å². The lowest BCUT2D eigenvalue weighted by Crippen LogP contribution is -1.94. The molecular formula is C12H16N2O. The van der Waals surface area contributed by atoms with Gasteiger partial charge in [-0.25, -0.2) is 9.97 Å². The highest BCUT2D eigenvalue weighted by Crippen LogP contribution is 2.26. The Morgan fingerprint density at radius 1 is 1.33 bits per heavy atom. The molecule has 0 aromatic carbocycles. The topological polar surface area (TPSA) is 38.9 Å². The molecule has 0 saturated heterocycles. The third kappa shape index (κ3) is 1.74. The third-order valence-electron chi connectivity index (χ3n) is 2.85. The van der Waals surface area contributed by atoms with E-state index in [0.29, 0.717) is 11.6 Å². The molecule has 0 aliphatic heterocycles. The highest BCUT2D eigenvalue weighted by molar-refractivity contribution is 5.71. The molecule has 2 aromatic rings. The minimum absolute atomic E-state index is 0.415. The van der Waals surface area contributed by atoms with Crippen molar-refractivity contribution in [3.05, 3.63) is 23.7 Å². The molecule has 80 valence electrons. The van der Waals surface area contributed by atoms with Gasteiger partial charge in [0.05, 0.1) is 0 Å². The molecule has 0 N–H and O–H groups in total. The Morgan fingerprint density at radius 2 is 2.07 bits per heavy atom. The minimum Gasteiger partial charge on any atom is -0.422 e. The molecule has 0 radical (unpaired) electrons. The van der Waals surface area contributed by atoms with Gasteiger partial charge in [-0.2, -0.15) is 0 Å². The molecule has 2 rings (SSSR count). The summed E-state index contributed by atoms with van der Waals surface area (Å²) in [5.41, 5.74) is 2.69. The number of hydrogen-bond donors (Lipinski definition) is 0. The Kier molecular flexibility index (Phi) is 2.71. The van der Waals surface area contributed by atoms with Crippen molar-refractivity contribution in [1.29, 1.82) is 0 Å². The second-order valence-corrected chi connectivity index (χ2v) is 3.85. The molecule has 3 nitrogen and oxygen atoms in total. The molecule has 0 aliphatic rings. The van der Waals surface area contributed by atoms with E-state index in [0.717, 1.165) is 29.8 Å². The van der Waals surface area contributed by atoms with Crippen molar-refractivity contribution in [1.82, 2.24) is 9.97 Å². The van der Waals surface area contributed by atoms with Gasteiger partial charge in [0.1, 0.15) is 5.52 Å². The molecule has 0 bridgehead atoms. The SMILES string of the molecule is CCC(CC)c1nc2c(C)ccnc2o1. The van der Waals surface area contributed by atoms with E-state index in [1.165, 1.54) is 0 Å². The molecule has 15 heavy (non-hydrogen) atoms. The van der Waals surface area contributed by atoms with Gasteiger partial charge in [0.15, 0.2) is 0 Å². The summed E-state index contributed by atoms with van der Waals surface area (Å²) in [5.74, 6) is 1.25. The van der Waals surface area contributed by atoms with Gasteiger partial charge in [-0.3, -0.25) is 0 Å². The number of aromatic nitrogens is 2. The van der Waals surface area contributed by atoms with Gasteiger partial charge in [-0.1, -0.05) is 13.8 Å². The van der Waals surface area contributed by atoms with Gasteiger partial charge >= 0.3 is 0 Å². The van der Waals surface area contributed by atoms with Crippen LogP contribution in [-0.2, 0) is 0 Å². The van der Waals surface area contributed by atoms with E-state index in [2.05, 4.69) is 23.8 Å². The average molecular weight is 204 g/mol. The van der Waals surface area contributed by atoms with Crippen LogP contribution in [0.2, 0.25) is 0 Å². The molecule has 0 amide bonds. The molecular weight excluding hydrogens is 188 g/mol. The summed E-state index contributed by atoms with van der Waals surface area (Å²) in [6.07, 6.45) is 3.88. The maximum Gasteiger partial charge on any atom is 0.247 e. The zero-order valence-electron chi connectivity index (χ0n) is 9.45. The molecule has 0 saturated carbocycles. The highest BCUT2D eigenvalue weighted by Gasteiger charge is 2.15. The van der Waals surface area contributed by atoms with Crippen molar-refractivity contribution in [2.24, 2.45) is 0 Å². The van der Waals surface area contributed by atoms with Crippen molar-refractivity contribution in [3.8, 4) is 0 Å². The number of oxazole rings is 1. The maximum absolute atomic E-state index is 5.67. The van der Waals surface area contributed by atoms with Crippen LogP contribution in [-0.4, -0.2) is 9.97 Å². The van der Waals surface area contributed by atoms with E-state index in [9.17, 15) is 0 Å². The first kappa shape index (κ1) is 10.1. The monoisotopic (exact) mass is 204 g/mol. The highest BCUT2D eigenvalue weighted by atomic mass is 16.4. The van der Waals surface area contributed by atoms with Crippen LogP contribution >= 0.6 is 0 Å². The molecule has 2 heterocycles. The van der Waals surface area contributed by atoms with Gasteiger partial charge in [-0.05, 0) is 31.4 Å². The Labute approximate surface area is 89.5 Å². The van der Waals surface area contributed by atoms with Crippen LogP contribution < -0.4 is 0 Å². The maximum atomic E-state index is 5.67. The van der Waals surface area contributed by atoms with E-state index < -0.39 is 0 Å². The van der Waals surface area contributed by atoms with Crippen molar-refractivity contribution >= 4 is 11.2 Å². The Bertz CT molecular complexity index is 458. The fraction of sp³-hybridized carbons (Fsp3) is 0.500. The quantitative estimate of drug-likeness (QED) is 0.768. The van der Waals surface area contributed by atoms with Crippen LogP contribution in [0, 0.1) is 6.92 Å². The first-order valence-electron chi connectivity index (χ1n) is 5.48. The van der Waals surface area contributed by atoms with Crippen LogP contribution in [0.25, 0.3) is 11.2 Å². The van der Waals surface area contributed by atoms with Gasteiger partial charge in [-0.15, -0.1) is 0 Å². The summed E-state index contributed by atoms with van der Waals surface area (Å²) < 4.78 is 5.67.